The maximum atomic E-state index is 5.38. The lowest BCUT2D eigenvalue weighted by Crippen LogP contribution is -2.28. The van der Waals surface area contributed by atoms with Gasteiger partial charge in [-0.15, -0.1) is 0 Å². The topological polar surface area (TPSA) is 54.6 Å². The summed E-state index contributed by atoms with van der Waals surface area (Å²) in [6.45, 7) is 6.77. The average molecular weight is 266 g/mol. The van der Waals surface area contributed by atoms with Crippen molar-refractivity contribution in [3.8, 4) is 0 Å². The molecule has 3 rings (SSSR count). The van der Waals surface area contributed by atoms with Gasteiger partial charge in [-0.3, -0.25) is 4.90 Å². The highest BCUT2D eigenvalue weighted by molar-refractivity contribution is 4.97. The van der Waals surface area contributed by atoms with Crippen LogP contribution >= 0.6 is 0 Å². The van der Waals surface area contributed by atoms with Crippen LogP contribution < -0.4 is 0 Å². The fourth-order valence-corrected chi connectivity index (χ4v) is 2.69. The minimum absolute atomic E-state index is 0.327. The van der Waals surface area contributed by atoms with E-state index in [1.165, 1.54) is 13.0 Å². The number of ether oxygens (including phenoxy) is 1. The van der Waals surface area contributed by atoms with Crippen molar-refractivity contribution >= 4 is 0 Å². The molecular formula is C13H22N4O2. The molecule has 106 valence electrons. The zero-order chi connectivity index (χ0) is 13.1. The zero-order valence-corrected chi connectivity index (χ0v) is 11.5. The Morgan fingerprint density at radius 1 is 1.26 bits per heavy atom. The summed E-state index contributed by atoms with van der Waals surface area (Å²) in [6.07, 6.45) is 2.21. The first-order chi connectivity index (χ1) is 9.31. The molecule has 0 amide bonds. The van der Waals surface area contributed by atoms with Crippen LogP contribution in [0.4, 0.5) is 0 Å². The summed E-state index contributed by atoms with van der Waals surface area (Å²) in [5, 5.41) is 4.10. The van der Waals surface area contributed by atoms with Crippen LogP contribution in [0.2, 0.25) is 0 Å². The highest BCUT2D eigenvalue weighted by Gasteiger charge is 2.23. The molecule has 0 bridgehead atoms. The quantitative estimate of drug-likeness (QED) is 0.803. The smallest absolute Gasteiger partial charge is 0.240 e. The Labute approximate surface area is 113 Å². The fourth-order valence-electron chi connectivity index (χ4n) is 2.69. The predicted octanol–water partition coefficient (Wildman–Crippen LogP) is 0.711. The highest BCUT2D eigenvalue weighted by Crippen LogP contribution is 2.22. The van der Waals surface area contributed by atoms with E-state index in [-0.39, 0.29) is 0 Å². The summed E-state index contributed by atoms with van der Waals surface area (Å²) in [6, 6.07) is 0. The number of hydrogen-bond acceptors (Lipinski definition) is 6. The van der Waals surface area contributed by atoms with Crippen LogP contribution in [-0.2, 0) is 11.3 Å². The Bertz CT molecular complexity index is 403. The molecule has 1 aromatic heterocycles. The van der Waals surface area contributed by atoms with E-state index < -0.39 is 0 Å². The summed E-state index contributed by atoms with van der Waals surface area (Å²) in [5.41, 5.74) is 0. The second-order valence-electron chi connectivity index (χ2n) is 5.54. The zero-order valence-electron chi connectivity index (χ0n) is 11.5. The van der Waals surface area contributed by atoms with Gasteiger partial charge in [0.25, 0.3) is 0 Å². The average Bonchev–Trinajstić information content (AvgIpc) is 3.02. The van der Waals surface area contributed by atoms with Crippen molar-refractivity contribution in [3.05, 3.63) is 11.7 Å². The second-order valence-corrected chi connectivity index (χ2v) is 5.54. The van der Waals surface area contributed by atoms with Gasteiger partial charge in [-0.25, -0.2) is 0 Å². The van der Waals surface area contributed by atoms with Crippen molar-refractivity contribution in [2.24, 2.45) is 0 Å². The van der Waals surface area contributed by atoms with Crippen LogP contribution in [0.15, 0.2) is 4.52 Å². The van der Waals surface area contributed by atoms with Gasteiger partial charge in [-0.05, 0) is 33.0 Å². The maximum absolute atomic E-state index is 5.38. The van der Waals surface area contributed by atoms with Crippen molar-refractivity contribution in [2.75, 3.05) is 46.4 Å². The van der Waals surface area contributed by atoms with Crippen LogP contribution in [0.1, 0.15) is 30.5 Å². The largest absolute Gasteiger partial charge is 0.381 e. The summed E-state index contributed by atoms with van der Waals surface area (Å²) in [5.74, 6) is 1.89. The fraction of sp³-hybridized carbons (Fsp3) is 0.846. The molecule has 2 fully saturated rings. The Morgan fingerprint density at radius 2 is 2.21 bits per heavy atom. The Hall–Kier alpha value is -0.980. The van der Waals surface area contributed by atoms with Crippen molar-refractivity contribution in [2.45, 2.75) is 25.3 Å². The van der Waals surface area contributed by atoms with Gasteiger partial charge < -0.3 is 14.2 Å². The molecule has 1 aromatic rings. The van der Waals surface area contributed by atoms with Crippen LogP contribution in [0.5, 0.6) is 0 Å². The van der Waals surface area contributed by atoms with Crippen molar-refractivity contribution in [1.82, 2.24) is 19.9 Å². The van der Waals surface area contributed by atoms with Gasteiger partial charge in [-0.1, -0.05) is 5.16 Å². The number of rotatable bonds is 3. The third kappa shape index (κ3) is 3.32. The van der Waals surface area contributed by atoms with Crippen LogP contribution in [0, 0.1) is 0 Å². The summed E-state index contributed by atoms with van der Waals surface area (Å²) in [7, 11) is 2.17. The van der Waals surface area contributed by atoms with E-state index in [9.17, 15) is 0 Å². The first-order valence-corrected chi connectivity index (χ1v) is 7.12. The summed E-state index contributed by atoms with van der Waals surface area (Å²) in [4.78, 5) is 9.29. The Morgan fingerprint density at radius 3 is 3.05 bits per heavy atom. The van der Waals surface area contributed by atoms with Gasteiger partial charge in [-0.2, -0.15) is 4.98 Å². The van der Waals surface area contributed by atoms with Crippen LogP contribution in [-0.4, -0.2) is 66.4 Å². The molecule has 0 N–H and O–H groups in total. The molecule has 0 aromatic carbocycles. The molecule has 0 saturated carbocycles. The van der Waals surface area contributed by atoms with Gasteiger partial charge in [0.05, 0.1) is 13.2 Å². The molecule has 1 atom stereocenters. The van der Waals surface area contributed by atoms with Gasteiger partial charge in [0, 0.05) is 25.6 Å². The Kier molecular flexibility index (Phi) is 4.10. The molecule has 3 heterocycles. The van der Waals surface area contributed by atoms with Gasteiger partial charge in [0.15, 0.2) is 5.82 Å². The van der Waals surface area contributed by atoms with E-state index in [2.05, 4.69) is 27.0 Å². The lowest BCUT2D eigenvalue weighted by atomic mass is 10.1. The highest BCUT2D eigenvalue weighted by atomic mass is 16.5. The lowest BCUT2D eigenvalue weighted by molar-refractivity contribution is 0.192. The van der Waals surface area contributed by atoms with E-state index >= 15 is 0 Å². The predicted molar refractivity (Wildman–Crippen MR) is 69.9 cm³/mol. The minimum atomic E-state index is 0.327. The maximum Gasteiger partial charge on any atom is 0.240 e. The molecule has 0 radical (unpaired) electrons. The Balaban J connectivity index is 1.57. The summed E-state index contributed by atoms with van der Waals surface area (Å²) >= 11 is 0. The van der Waals surface area contributed by atoms with E-state index in [1.54, 1.807) is 0 Å². The third-order valence-electron chi connectivity index (χ3n) is 3.95. The molecule has 0 aliphatic carbocycles. The van der Waals surface area contributed by atoms with Gasteiger partial charge >= 0.3 is 0 Å². The molecule has 6 heteroatoms. The molecule has 6 nitrogen and oxygen atoms in total. The molecule has 2 aliphatic rings. The number of hydrogen-bond donors (Lipinski definition) is 0. The molecular weight excluding hydrogens is 244 g/mol. The number of aromatic nitrogens is 2. The third-order valence-corrected chi connectivity index (χ3v) is 3.95. The van der Waals surface area contributed by atoms with Crippen LogP contribution in [0.3, 0.4) is 0 Å². The first-order valence-electron chi connectivity index (χ1n) is 7.12. The molecule has 2 aliphatic heterocycles. The lowest BCUT2D eigenvalue weighted by Gasteiger charge is -2.17. The summed E-state index contributed by atoms with van der Waals surface area (Å²) < 4.78 is 10.7. The molecule has 19 heavy (non-hydrogen) atoms. The SMILES string of the molecule is CN1CCCN(Cc2nc([C@H]3CCOC3)no2)CC1. The minimum Gasteiger partial charge on any atom is -0.381 e. The first kappa shape index (κ1) is 13.0. The molecule has 0 unspecified atom stereocenters. The number of likely N-dealkylation sites (N-methyl/N-ethyl adjacent to an activating group) is 1. The van der Waals surface area contributed by atoms with Gasteiger partial charge in [0.1, 0.15) is 0 Å². The second kappa shape index (κ2) is 5.98. The molecule has 2 saturated heterocycles. The van der Waals surface area contributed by atoms with E-state index in [0.717, 1.165) is 57.5 Å². The van der Waals surface area contributed by atoms with E-state index in [1.807, 2.05) is 0 Å². The normalized spacial score (nSPS) is 26.7. The van der Waals surface area contributed by atoms with Gasteiger partial charge in [0.2, 0.25) is 5.89 Å². The monoisotopic (exact) mass is 266 g/mol. The molecule has 0 spiro atoms. The number of nitrogens with zero attached hydrogens (tertiary/aromatic N) is 4. The van der Waals surface area contributed by atoms with Crippen molar-refractivity contribution < 1.29 is 9.26 Å². The van der Waals surface area contributed by atoms with Crippen molar-refractivity contribution in [1.29, 1.82) is 0 Å². The standard InChI is InChI=1S/C13H22N4O2/c1-16-4-2-5-17(7-6-16)9-12-14-13(15-19-12)11-3-8-18-10-11/h11H,2-10H2,1H3/t11-/m0/s1. The van der Waals surface area contributed by atoms with E-state index in [0.29, 0.717) is 5.92 Å². The van der Waals surface area contributed by atoms with Crippen LogP contribution in [0.25, 0.3) is 0 Å². The van der Waals surface area contributed by atoms with Crippen molar-refractivity contribution in [3.63, 3.8) is 0 Å². The van der Waals surface area contributed by atoms with E-state index in [4.69, 9.17) is 9.26 Å².